The molecule has 0 saturated carbocycles. The maximum absolute atomic E-state index is 11.0. The van der Waals surface area contributed by atoms with Gasteiger partial charge >= 0.3 is 0 Å². The smallest absolute Gasteiger partial charge is 0.231 e. The van der Waals surface area contributed by atoms with Crippen molar-refractivity contribution in [3.63, 3.8) is 0 Å². The Morgan fingerprint density at radius 1 is 1.37 bits per heavy atom. The van der Waals surface area contributed by atoms with Crippen molar-refractivity contribution in [2.45, 2.75) is 19.8 Å². The number of hydrogen-bond donors (Lipinski definition) is 0. The van der Waals surface area contributed by atoms with Crippen molar-refractivity contribution < 1.29 is 14.3 Å². The summed E-state index contributed by atoms with van der Waals surface area (Å²) in [6.07, 6.45) is 1.25. The van der Waals surface area contributed by atoms with Gasteiger partial charge in [0, 0.05) is 17.4 Å². The number of aromatic nitrogens is 1. The van der Waals surface area contributed by atoms with Crippen molar-refractivity contribution in [1.29, 1.82) is 0 Å². The predicted octanol–water partition coefficient (Wildman–Crippen LogP) is 3.06. The molecule has 0 atom stereocenters. The van der Waals surface area contributed by atoms with Crippen LogP contribution in [-0.2, 0) is 11.2 Å². The van der Waals surface area contributed by atoms with Gasteiger partial charge in [-0.1, -0.05) is 0 Å². The van der Waals surface area contributed by atoms with E-state index in [9.17, 15) is 4.79 Å². The molecule has 0 N–H and O–H groups in total. The average molecular weight is 275 g/mol. The summed E-state index contributed by atoms with van der Waals surface area (Å²) in [5.41, 5.74) is 1.98. The Morgan fingerprint density at radius 2 is 2.21 bits per heavy atom. The molecule has 0 aliphatic carbocycles. The highest BCUT2D eigenvalue weighted by atomic mass is 32.1. The molecule has 19 heavy (non-hydrogen) atoms. The van der Waals surface area contributed by atoms with Crippen LogP contribution >= 0.6 is 11.3 Å². The molecular formula is C14H13NO3S. The van der Waals surface area contributed by atoms with Crippen molar-refractivity contribution in [1.82, 2.24) is 4.98 Å². The molecule has 1 aliphatic heterocycles. The van der Waals surface area contributed by atoms with Crippen LogP contribution in [0.3, 0.4) is 0 Å². The molecule has 0 bridgehead atoms. The fraction of sp³-hybridized carbons (Fsp3) is 0.286. The number of hydrogen-bond acceptors (Lipinski definition) is 5. The third-order valence-electron chi connectivity index (χ3n) is 2.90. The fourth-order valence-corrected chi connectivity index (χ4v) is 2.74. The summed E-state index contributed by atoms with van der Waals surface area (Å²) >= 11 is 1.58. The zero-order chi connectivity index (χ0) is 13.2. The van der Waals surface area contributed by atoms with Crippen LogP contribution < -0.4 is 9.47 Å². The van der Waals surface area contributed by atoms with Crippen LogP contribution in [0.2, 0.25) is 0 Å². The third kappa shape index (κ3) is 2.61. The van der Waals surface area contributed by atoms with Crippen LogP contribution in [0.5, 0.6) is 11.5 Å². The van der Waals surface area contributed by atoms with E-state index in [0.717, 1.165) is 27.8 Å². The number of carbonyl (C=O) groups is 1. The number of carbonyl (C=O) groups excluding carboxylic acids is 1. The van der Waals surface area contributed by atoms with E-state index in [0.29, 0.717) is 12.8 Å². The van der Waals surface area contributed by atoms with Gasteiger partial charge in [0.25, 0.3) is 0 Å². The Kier molecular flexibility index (Phi) is 3.21. The first-order chi connectivity index (χ1) is 9.22. The van der Waals surface area contributed by atoms with Crippen LogP contribution in [0.15, 0.2) is 23.6 Å². The molecule has 3 rings (SSSR count). The molecule has 1 aliphatic rings. The fourth-order valence-electron chi connectivity index (χ4n) is 1.89. The Labute approximate surface area is 115 Å². The van der Waals surface area contributed by atoms with E-state index in [1.54, 1.807) is 18.3 Å². The van der Waals surface area contributed by atoms with Gasteiger partial charge in [-0.15, -0.1) is 11.3 Å². The lowest BCUT2D eigenvalue weighted by Crippen LogP contribution is -1.94. The van der Waals surface area contributed by atoms with E-state index in [4.69, 9.17) is 9.47 Å². The monoisotopic (exact) mass is 275 g/mol. The maximum Gasteiger partial charge on any atom is 0.231 e. The zero-order valence-corrected chi connectivity index (χ0v) is 11.3. The van der Waals surface area contributed by atoms with E-state index in [1.165, 1.54) is 0 Å². The van der Waals surface area contributed by atoms with Crippen molar-refractivity contribution >= 4 is 17.1 Å². The molecule has 0 amide bonds. The third-order valence-corrected chi connectivity index (χ3v) is 3.84. The maximum atomic E-state index is 11.0. The number of aryl methyl sites for hydroxylation is 1. The van der Waals surface area contributed by atoms with Gasteiger partial charge in [-0.25, -0.2) is 4.98 Å². The molecule has 1 aromatic heterocycles. The first-order valence-corrected chi connectivity index (χ1v) is 6.94. The Balaban J connectivity index is 1.80. The van der Waals surface area contributed by atoms with Crippen molar-refractivity contribution in [2.75, 3.05) is 6.79 Å². The van der Waals surface area contributed by atoms with Crippen molar-refractivity contribution in [3.8, 4) is 22.1 Å². The number of ether oxygens (including phenoxy) is 2. The molecule has 98 valence electrons. The molecule has 1 aromatic carbocycles. The van der Waals surface area contributed by atoms with Gasteiger partial charge in [0.2, 0.25) is 6.79 Å². The number of rotatable bonds is 4. The van der Waals surface area contributed by atoms with Gasteiger partial charge in [0.1, 0.15) is 10.8 Å². The molecule has 0 saturated heterocycles. The average Bonchev–Trinajstić information content (AvgIpc) is 3.04. The number of benzene rings is 1. The number of thiazole rings is 1. The Bertz CT molecular complexity index is 621. The number of ketones is 1. The summed E-state index contributed by atoms with van der Waals surface area (Å²) < 4.78 is 10.6. The van der Waals surface area contributed by atoms with E-state index in [1.807, 2.05) is 23.6 Å². The van der Waals surface area contributed by atoms with Crippen LogP contribution in [-0.4, -0.2) is 17.6 Å². The lowest BCUT2D eigenvalue weighted by Gasteiger charge is -1.99. The summed E-state index contributed by atoms with van der Waals surface area (Å²) in [6.45, 7) is 1.88. The molecule has 0 unspecified atom stereocenters. The lowest BCUT2D eigenvalue weighted by molar-refractivity contribution is -0.116. The Hall–Kier alpha value is -1.88. The molecule has 0 spiro atoms. The zero-order valence-electron chi connectivity index (χ0n) is 10.5. The quantitative estimate of drug-likeness (QED) is 0.860. The minimum atomic E-state index is 0.192. The minimum Gasteiger partial charge on any atom is -0.454 e. The van der Waals surface area contributed by atoms with E-state index in [2.05, 4.69) is 4.98 Å². The SMILES string of the molecule is CC(=O)CCc1csc(-c2ccc3c(c2)OCO3)n1. The van der Waals surface area contributed by atoms with E-state index in [-0.39, 0.29) is 12.6 Å². The second-order valence-electron chi connectivity index (χ2n) is 4.41. The van der Waals surface area contributed by atoms with Crippen LogP contribution in [0.4, 0.5) is 0 Å². The van der Waals surface area contributed by atoms with Crippen LogP contribution in [0, 0.1) is 0 Å². The molecule has 5 heteroatoms. The summed E-state index contributed by atoms with van der Waals surface area (Å²) in [7, 11) is 0. The van der Waals surface area contributed by atoms with E-state index >= 15 is 0 Å². The van der Waals surface area contributed by atoms with Gasteiger partial charge in [0.15, 0.2) is 11.5 Å². The largest absolute Gasteiger partial charge is 0.454 e. The van der Waals surface area contributed by atoms with Gasteiger partial charge in [-0.05, 0) is 31.5 Å². The second kappa shape index (κ2) is 5.01. The van der Waals surface area contributed by atoms with Crippen LogP contribution in [0.25, 0.3) is 10.6 Å². The normalized spacial score (nSPS) is 12.7. The van der Waals surface area contributed by atoms with Crippen molar-refractivity contribution in [2.24, 2.45) is 0 Å². The molecule has 4 nitrogen and oxygen atoms in total. The summed E-state index contributed by atoms with van der Waals surface area (Å²) in [4.78, 5) is 15.5. The molecule has 0 fully saturated rings. The first kappa shape index (κ1) is 12.2. The summed E-state index contributed by atoms with van der Waals surface area (Å²) in [6, 6.07) is 5.81. The molecular weight excluding hydrogens is 262 g/mol. The first-order valence-electron chi connectivity index (χ1n) is 6.06. The van der Waals surface area contributed by atoms with Crippen LogP contribution in [0.1, 0.15) is 19.0 Å². The molecule has 0 radical (unpaired) electrons. The van der Waals surface area contributed by atoms with Gasteiger partial charge in [0.05, 0.1) is 5.69 Å². The summed E-state index contributed by atoms with van der Waals surface area (Å²) in [5.74, 6) is 1.73. The molecule has 2 aromatic rings. The highest BCUT2D eigenvalue weighted by molar-refractivity contribution is 7.13. The van der Waals surface area contributed by atoms with Gasteiger partial charge < -0.3 is 14.3 Å². The predicted molar refractivity (Wildman–Crippen MR) is 72.7 cm³/mol. The van der Waals surface area contributed by atoms with Gasteiger partial charge in [-0.2, -0.15) is 0 Å². The highest BCUT2D eigenvalue weighted by Crippen LogP contribution is 2.36. The molecule has 2 heterocycles. The second-order valence-corrected chi connectivity index (χ2v) is 5.27. The van der Waals surface area contributed by atoms with E-state index < -0.39 is 0 Å². The number of nitrogens with zero attached hydrogens (tertiary/aromatic N) is 1. The topological polar surface area (TPSA) is 48.4 Å². The Morgan fingerprint density at radius 3 is 3.05 bits per heavy atom. The number of Topliss-reactive ketones (excluding diaryl/α,β-unsaturated/α-hetero) is 1. The standard InChI is InChI=1S/C14H13NO3S/c1-9(16)2-4-11-7-19-14(15-11)10-3-5-12-13(6-10)18-8-17-12/h3,5-7H,2,4,8H2,1H3. The number of fused-ring (bicyclic) bond motifs is 1. The minimum absolute atomic E-state index is 0.192. The van der Waals surface area contributed by atoms with Crippen molar-refractivity contribution in [3.05, 3.63) is 29.3 Å². The highest BCUT2D eigenvalue weighted by Gasteiger charge is 2.15. The summed E-state index contributed by atoms with van der Waals surface area (Å²) in [5, 5.41) is 2.94. The lowest BCUT2D eigenvalue weighted by atomic mass is 10.2. The van der Waals surface area contributed by atoms with Gasteiger partial charge in [-0.3, -0.25) is 0 Å².